The van der Waals surface area contributed by atoms with E-state index >= 15 is 0 Å². The van der Waals surface area contributed by atoms with Gasteiger partial charge in [0.25, 0.3) is 5.91 Å². The van der Waals surface area contributed by atoms with E-state index in [0.29, 0.717) is 17.7 Å². The highest BCUT2D eigenvalue weighted by Crippen LogP contribution is 2.27. The van der Waals surface area contributed by atoms with E-state index < -0.39 is 0 Å². The predicted octanol–water partition coefficient (Wildman–Crippen LogP) is 4.69. The molecule has 0 spiro atoms. The number of ketones is 1. The molecule has 0 fully saturated rings. The van der Waals surface area contributed by atoms with Crippen LogP contribution in [0.4, 0.5) is 0 Å². The van der Waals surface area contributed by atoms with Crippen LogP contribution in [0.15, 0.2) is 42.5 Å². The first-order chi connectivity index (χ1) is 12.8. The molecule has 0 aliphatic rings. The Morgan fingerprint density at radius 1 is 1.04 bits per heavy atom. The van der Waals surface area contributed by atoms with Crippen molar-refractivity contribution < 1.29 is 14.3 Å². The van der Waals surface area contributed by atoms with Gasteiger partial charge in [0, 0.05) is 30.8 Å². The van der Waals surface area contributed by atoms with Gasteiger partial charge in [-0.3, -0.25) is 9.59 Å². The van der Waals surface area contributed by atoms with Crippen LogP contribution in [-0.4, -0.2) is 37.3 Å². The molecular formula is C23H27NO3. The van der Waals surface area contributed by atoms with Crippen LogP contribution in [0.2, 0.25) is 0 Å². The average Bonchev–Trinajstić information content (AvgIpc) is 2.64. The Labute approximate surface area is 161 Å². The highest BCUT2D eigenvalue weighted by atomic mass is 16.5. The van der Waals surface area contributed by atoms with Crippen LogP contribution in [0.25, 0.3) is 6.08 Å². The molecule has 0 heterocycles. The molecular weight excluding hydrogens is 338 g/mol. The summed E-state index contributed by atoms with van der Waals surface area (Å²) in [5, 5.41) is 0. The lowest BCUT2D eigenvalue weighted by Crippen LogP contribution is -2.21. The van der Waals surface area contributed by atoms with E-state index in [9.17, 15) is 9.59 Å². The smallest absolute Gasteiger partial charge is 0.253 e. The highest BCUT2D eigenvalue weighted by Gasteiger charge is 2.10. The summed E-state index contributed by atoms with van der Waals surface area (Å²) in [4.78, 5) is 26.0. The maximum atomic E-state index is 12.5. The number of ether oxygens (including phenoxy) is 1. The van der Waals surface area contributed by atoms with E-state index in [4.69, 9.17) is 4.74 Å². The van der Waals surface area contributed by atoms with E-state index in [1.807, 2.05) is 19.9 Å². The number of allylic oxidation sites excluding steroid dienone is 1. The molecule has 2 aromatic carbocycles. The summed E-state index contributed by atoms with van der Waals surface area (Å²) >= 11 is 0. The highest BCUT2D eigenvalue weighted by molar-refractivity contribution is 6.07. The molecule has 0 aliphatic carbocycles. The topological polar surface area (TPSA) is 46.6 Å². The second-order valence-electron chi connectivity index (χ2n) is 6.82. The zero-order valence-corrected chi connectivity index (χ0v) is 16.7. The average molecular weight is 365 g/mol. The van der Waals surface area contributed by atoms with Gasteiger partial charge in [-0.2, -0.15) is 0 Å². The Morgan fingerprint density at radius 3 is 2.26 bits per heavy atom. The number of benzene rings is 2. The summed E-state index contributed by atoms with van der Waals surface area (Å²) in [5.41, 5.74) is 4.18. The van der Waals surface area contributed by atoms with Crippen LogP contribution >= 0.6 is 0 Å². The van der Waals surface area contributed by atoms with Gasteiger partial charge in [-0.1, -0.05) is 30.7 Å². The van der Waals surface area contributed by atoms with Crippen LogP contribution in [0.3, 0.4) is 0 Å². The fourth-order valence-electron chi connectivity index (χ4n) is 2.81. The summed E-state index contributed by atoms with van der Waals surface area (Å²) < 4.78 is 5.87. The second kappa shape index (κ2) is 9.17. The third-order valence-electron chi connectivity index (χ3n) is 4.14. The van der Waals surface area contributed by atoms with Crippen LogP contribution in [-0.2, 0) is 0 Å². The normalized spacial score (nSPS) is 10.9. The van der Waals surface area contributed by atoms with E-state index in [-0.39, 0.29) is 11.7 Å². The van der Waals surface area contributed by atoms with Crippen molar-refractivity contribution in [3.8, 4) is 5.75 Å². The van der Waals surface area contributed by atoms with Crippen molar-refractivity contribution in [1.29, 1.82) is 0 Å². The van der Waals surface area contributed by atoms with Gasteiger partial charge in [0.15, 0.2) is 5.78 Å². The van der Waals surface area contributed by atoms with Crippen LogP contribution in [0.5, 0.6) is 5.75 Å². The van der Waals surface area contributed by atoms with Crippen LogP contribution in [0, 0.1) is 13.8 Å². The van der Waals surface area contributed by atoms with E-state index in [2.05, 4.69) is 13.0 Å². The lowest BCUT2D eigenvalue weighted by molar-refractivity contribution is 0.0827. The van der Waals surface area contributed by atoms with Gasteiger partial charge < -0.3 is 9.64 Å². The maximum Gasteiger partial charge on any atom is 0.253 e. The second-order valence-corrected chi connectivity index (χ2v) is 6.82. The van der Waals surface area contributed by atoms with E-state index in [1.54, 1.807) is 50.5 Å². The minimum absolute atomic E-state index is 0.0857. The van der Waals surface area contributed by atoms with Gasteiger partial charge in [0.2, 0.25) is 0 Å². The molecule has 27 heavy (non-hydrogen) atoms. The summed E-state index contributed by atoms with van der Waals surface area (Å²) in [7, 11) is 3.40. The molecule has 4 heteroatoms. The van der Waals surface area contributed by atoms with Crippen LogP contribution in [0.1, 0.15) is 50.8 Å². The Hall–Kier alpha value is -2.88. The van der Waals surface area contributed by atoms with Crippen molar-refractivity contribution in [3.63, 3.8) is 0 Å². The molecule has 0 saturated heterocycles. The molecule has 0 aliphatic heterocycles. The third-order valence-corrected chi connectivity index (χ3v) is 4.14. The minimum atomic E-state index is -0.112. The summed E-state index contributed by atoms with van der Waals surface area (Å²) in [5.74, 6) is 0.621. The molecule has 0 unspecified atom stereocenters. The quantitative estimate of drug-likeness (QED) is 0.528. The van der Waals surface area contributed by atoms with Crippen molar-refractivity contribution in [3.05, 3.63) is 70.3 Å². The van der Waals surface area contributed by atoms with E-state index in [1.165, 1.54) is 4.90 Å². The van der Waals surface area contributed by atoms with Crippen molar-refractivity contribution in [1.82, 2.24) is 4.90 Å². The molecule has 0 bridgehead atoms. The molecule has 0 radical (unpaired) electrons. The zero-order chi connectivity index (χ0) is 20.0. The molecule has 142 valence electrons. The number of carbonyl (C=O) groups is 2. The largest absolute Gasteiger partial charge is 0.493 e. The minimum Gasteiger partial charge on any atom is -0.493 e. The summed E-state index contributed by atoms with van der Waals surface area (Å²) in [6.45, 7) is 6.74. The molecule has 0 saturated carbocycles. The Bertz CT molecular complexity index is 849. The van der Waals surface area contributed by atoms with Gasteiger partial charge in [-0.15, -0.1) is 0 Å². The molecule has 4 nitrogen and oxygen atoms in total. The van der Waals surface area contributed by atoms with Gasteiger partial charge >= 0.3 is 0 Å². The van der Waals surface area contributed by atoms with Gasteiger partial charge in [0.1, 0.15) is 5.75 Å². The number of nitrogens with zero attached hydrogens (tertiary/aromatic N) is 1. The lowest BCUT2D eigenvalue weighted by Gasteiger charge is -2.13. The number of amides is 1. The molecule has 1 amide bonds. The van der Waals surface area contributed by atoms with Gasteiger partial charge in [-0.25, -0.2) is 0 Å². The standard InChI is InChI=1S/C23H27NO3/c1-6-13-27-22-17(3)14-16(2)15-20(22)11-12-21(25)18-7-9-19(10-8-18)23(26)24(4)5/h7-12,14-15H,6,13H2,1-5H3/b12-11+. The fourth-order valence-corrected chi connectivity index (χ4v) is 2.81. The SMILES string of the molecule is CCCOc1c(C)cc(C)cc1/C=C/C(=O)c1ccc(C(=O)N(C)C)cc1. The summed E-state index contributed by atoms with van der Waals surface area (Å²) in [6.07, 6.45) is 4.27. The van der Waals surface area contributed by atoms with Gasteiger partial charge in [0.05, 0.1) is 6.61 Å². The van der Waals surface area contributed by atoms with Gasteiger partial charge in [-0.05, 0) is 56.2 Å². The Morgan fingerprint density at radius 2 is 1.67 bits per heavy atom. The molecule has 0 atom stereocenters. The molecule has 0 N–H and O–H groups in total. The first kappa shape index (κ1) is 20.4. The molecule has 0 aromatic heterocycles. The lowest BCUT2D eigenvalue weighted by atomic mass is 10.0. The third kappa shape index (κ3) is 5.30. The van der Waals surface area contributed by atoms with Crippen molar-refractivity contribution in [2.75, 3.05) is 20.7 Å². The van der Waals surface area contributed by atoms with Crippen molar-refractivity contribution >= 4 is 17.8 Å². The Balaban J connectivity index is 2.22. The molecule has 2 rings (SSSR count). The first-order valence-electron chi connectivity index (χ1n) is 9.11. The number of hydrogen-bond donors (Lipinski definition) is 0. The zero-order valence-electron chi connectivity index (χ0n) is 16.7. The number of rotatable bonds is 7. The molecule has 2 aromatic rings. The summed E-state index contributed by atoms with van der Waals surface area (Å²) in [6, 6.07) is 10.8. The number of hydrogen-bond acceptors (Lipinski definition) is 3. The Kier molecular flexibility index (Phi) is 6.94. The van der Waals surface area contributed by atoms with E-state index in [0.717, 1.165) is 28.9 Å². The predicted molar refractivity (Wildman–Crippen MR) is 110 cm³/mol. The number of carbonyl (C=O) groups excluding carboxylic acids is 2. The monoisotopic (exact) mass is 365 g/mol. The van der Waals surface area contributed by atoms with Crippen molar-refractivity contribution in [2.45, 2.75) is 27.2 Å². The maximum absolute atomic E-state index is 12.5. The first-order valence-corrected chi connectivity index (χ1v) is 9.11. The number of aryl methyl sites for hydroxylation is 2. The van der Waals surface area contributed by atoms with Crippen molar-refractivity contribution in [2.24, 2.45) is 0 Å². The van der Waals surface area contributed by atoms with Crippen LogP contribution < -0.4 is 4.74 Å². The fraction of sp³-hybridized carbons (Fsp3) is 0.304.